The van der Waals surface area contributed by atoms with Crippen molar-refractivity contribution in [2.24, 2.45) is 5.92 Å². The predicted octanol–water partition coefficient (Wildman–Crippen LogP) is 2.87. The fourth-order valence-corrected chi connectivity index (χ4v) is 3.93. The molecule has 27 heavy (non-hydrogen) atoms. The smallest absolute Gasteiger partial charge is 0.317 e. The number of carbonyl (C=O) groups excluding carboxylic acids is 1. The maximum absolute atomic E-state index is 12.7. The van der Waals surface area contributed by atoms with Gasteiger partial charge in [-0.2, -0.15) is 5.10 Å². The monoisotopic (exact) mass is 366 g/mol. The topological polar surface area (TPSA) is 68.0 Å². The van der Waals surface area contributed by atoms with Crippen LogP contribution in [0.15, 0.2) is 43.0 Å². The number of benzene rings is 1. The fourth-order valence-electron chi connectivity index (χ4n) is 3.93. The Morgan fingerprint density at radius 2 is 2.22 bits per heavy atom. The van der Waals surface area contributed by atoms with Gasteiger partial charge in [0.15, 0.2) is 0 Å². The van der Waals surface area contributed by atoms with Crippen molar-refractivity contribution in [2.75, 3.05) is 13.1 Å². The van der Waals surface area contributed by atoms with Crippen molar-refractivity contribution < 1.29 is 4.79 Å². The van der Waals surface area contributed by atoms with Gasteiger partial charge in [0.05, 0.1) is 24.1 Å². The Morgan fingerprint density at radius 1 is 1.33 bits per heavy atom. The molecule has 0 bridgehead atoms. The zero-order chi connectivity index (χ0) is 18.6. The summed E-state index contributed by atoms with van der Waals surface area (Å²) in [5.74, 6) is 0.471. The first-order valence-electron chi connectivity index (χ1n) is 9.67. The molecule has 1 fully saturated rings. The van der Waals surface area contributed by atoms with Crippen LogP contribution in [0.5, 0.6) is 0 Å². The maximum Gasteiger partial charge on any atom is 0.317 e. The standard InChI is InChI=1S/C20H26N6O/c1-2-26-19-8-4-3-7-17(19)18(23-26)12-22-20(27)25-10-5-6-16(14-25)13-24-11-9-21-15-24/h3-4,7-9,11,15-16H,2,5-6,10,12-14H2,1H3,(H,22,27). The van der Waals surface area contributed by atoms with Crippen LogP contribution in [0.3, 0.4) is 0 Å². The zero-order valence-electron chi connectivity index (χ0n) is 15.7. The van der Waals surface area contributed by atoms with Gasteiger partial charge in [-0.25, -0.2) is 9.78 Å². The summed E-state index contributed by atoms with van der Waals surface area (Å²) >= 11 is 0. The minimum atomic E-state index is 0.000427. The molecule has 0 radical (unpaired) electrons. The Bertz CT molecular complexity index is 900. The SMILES string of the molecule is CCn1nc(CNC(=O)N2CCCC(Cn3ccnc3)C2)c2ccccc21. The molecule has 0 saturated carbocycles. The average molecular weight is 366 g/mol. The molecule has 2 aromatic heterocycles. The number of aromatic nitrogens is 4. The number of hydrogen-bond donors (Lipinski definition) is 1. The summed E-state index contributed by atoms with van der Waals surface area (Å²) in [6.07, 6.45) is 7.81. The molecule has 1 unspecified atom stereocenters. The third-order valence-corrected chi connectivity index (χ3v) is 5.28. The van der Waals surface area contributed by atoms with Gasteiger partial charge in [-0.3, -0.25) is 4.68 Å². The van der Waals surface area contributed by atoms with Gasteiger partial charge in [-0.05, 0) is 31.7 Å². The number of imidazole rings is 1. The van der Waals surface area contributed by atoms with Crippen LogP contribution in [0.25, 0.3) is 10.9 Å². The first-order valence-corrected chi connectivity index (χ1v) is 9.67. The van der Waals surface area contributed by atoms with E-state index in [1.54, 1.807) is 6.20 Å². The maximum atomic E-state index is 12.7. The largest absolute Gasteiger partial charge is 0.337 e. The molecule has 142 valence electrons. The number of fused-ring (bicyclic) bond motifs is 1. The number of para-hydroxylation sites is 1. The van der Waals surface area contributed by atoms with E-state index < -0.39 is 0 Å². The van der Waals surface area contributed by atoms with Crippen molar-refractivity contribution in [1.29, 1.82) is 0 Å². The molecule has 1 N–H and O–H groups in total. The van der Waals surface area contributed by atoms with Gasteiger partial charge in [0.1, 0.15) is 0 Å². The van der Waals surface area contributed by atoms with Gasteiger partial charge in [0, 0.05) is 44.0 Å². The third-order valence-electron chi connectivity index (χ3n) is 5.28. The Labute approximate surface area is 159 Å². The number of amides is 2. The minimum Gasteiger partial charge on any atom is -0.337 e. The third kappa shape index (κ3) is 3.82. The van der Waals surface area contributed by atoms with E-state index in [0.717, 1.165) is 55.6 Å². The van der Waals surface area contributed by atoms with Gasteiger partial charge in [0.25, 0.3) is 0 Å². The van der Waals surface area contributed by atoms with E-state index >= 15 is 0 Å². The highest BCUT2D eigenvalue weighted by Gasteiger charge is 2.24. The molecule has 1 atom stereocenters. The number of nitrogens with one attached hydrogen (secondary N) is 1. The van der Waals surface area contributed by atoms with E-state index in [1.165, 1.54) is 0 Å². The number of piperidine rings is 1. The second kappa shape index (κ2) is 7.82. The van der Waals surface area contributed by atoms with Gasteiger partial charge in [0.2, 0.25) is 0 Å². The molecule has 0 aliphatic carbocycles. The van der Waals surface area contributed by atoms with Crippen LogP contribution in [-0.4, -0.2) is 43.4 Å². The van der Waals surface area contributed by atoms with E-state index in [0.29, 0.717) is 12.5 Å². The van der Waals surface area contributed by atoms with Crippen molar-refractivity contribution >= 4 is 16.9 Å². The first kappa shape index (κ1) is 17.6. The lowest BCUT2D eigenvalue weighted by Crippen LogP contribution is -2.46. The molecule has 3 aromatic rings. The minimum absolute atomic E-state index is 0.000427. The predicted molar refractivity (Wildman–Crippen MR) is 104 cm³/mol. The van der Waals surface area contributed by atoms with Gasteiger partial charge in [-0.1, -0.05) is 18.2 Å². The molecule has 4 rings (SSSR count). The molecule has 1 saturated heterocycles. The molecular weight excluding hydrogens is 340 g/mol. The van der Waals surface area contributed by atoms with Crippen LogP contribution in [-0.2, 0) is 19.6 Å². The summed E-state index contributed by atoms with van der Waals surface area (Å²) in [4.78, 5) is 18.7. The number of likely N-dealkylation sites (tertiary alicyclic amines) is 1. The van der Waals surface area contributed by atoms with E-state index in [-0.39, 0.29) is 6.03 Å². The second-order valence-corrected chi connectivity index (χ2v) is 7.15. The lowest BCUT2D eigenvalue weighted by Gasteiger charge is -2.32. The summed E-state index contributed by atoms with van der Waals surface area (Å²) in [5.41, 5.74) is 2.04. The average Bonchev–Trinajstić information content (AvgIpc) is 3.34. The quantitative estimate of drug-likeness (QED) is 0.755. The molecule has 3 heterocycles. The Kier molecular flexibility index (Phi) is 5.09. The number of nitrogens with zero attached hydrogens (tertiary/aromatic N) is 5. The summed E-state index contributed by atoms with van der Waals surface area (Å²) < 4.78 is 4.08. The normalized spacial score (nSPS) is 17.4. The molecule has 7 nitrogen and oxygen atoms in total. The van der Waals surface area contributed by atoms with Gasteiger partial charge >= 0.3 is 6.03 Å². The van der Waals surface area contributed by atoms with E-state index in [4.69, 9.17) is 0 Å². The Balaban J connectivity index is 1.38. The summed E-state index contributed by atoms with van der Waals surface area (Å²) in [6, 6.07) is 8.17. The van der Waals surface area contributed by atoms with E-state index in [1.807, 2.05) is 34.2 Å². The number of aryl methyl sites for hydroxylation is 1. The summed E-state index contributed by atoms with van der Waals surface area (Å²) in [6.45, 7) is 5.86. The lowest BCUT2D eigenvalue weighted by molar-refractivity contribution is 0.159. The fraction of sp³-hybridized carbons (Fsp3) is 0.450. The summed E-state index contributed by atoms with van der Waals surface area (Å²) in [7, 11) is 0. The van der Waals surface area contributed by atoms with Crippen molar-refractivity contribution in [1.82, 2.24) is 29.5 Å². The second-order valence-electron chi connectivity index (χ2n) is 7.15. The molecule has 1 aliphatic heterocycles. The van der Waals surface area contributed by atoms with Crippen LogP contribution >= 0.6 is 0 Å². The molecule has 2 amide bonds. The Hall–Kier alpha value is -2.83. The highest BCUT2D eigenvalue weighted by molar-refractivity contribution is 5.82. The number of hydrogen-bond acceptors (Lipinski definition) is 3. The van der Waals surface area contributed by atoms with E-state index in [9.17, 15) is 4.79 Å². The number of rotatable bonds is 5. The first-order chi connectivity index (χ1) is 13.2. The van der Waals surface area contributed by atoms with Crippen LogP contribution in [0.4, 0.5) is 4.79 Å². The van der Waals surface area contributed by atoms with Crippen LogP contribution in [0.2, 0.25) is 0 Å². The zero-order valence-corrected chi connectivity index (χ0v) is 15.7. The van der Waals surface area contributed by atoms with Crippen molar-refractivity contribution in [3.05, 3.63) is 48.7 Å². The van der Waals surface area contributed by atoms with Gasteiger partial charge < -0.3 is 14.8 Å². The molecule has 7 heteroatoms. The Morgan fingerprint density at radius 3 is 3.04 bits per heavy atom. The van der Waals surface area contributed by atoms with Gasteiger partial charge in [-0.15, -0.1) is 0 Å². The molecular formula is C20H26N6O. The van der Waals surface area contributed by atoms with Crippen LogP contribution < -0.4 is 5.32 Å². The molecule has 0 spiro atoms. The highest BCUT2D eigenvalue weighted by atomic mass is 16.2. The van der Waals surface area contributed by atoms with Crippen LogP contribution in [0, 0.1) is 5.92 Å². The lowest BCUT2D eigenvalue weighted by atomic mass is 9.98. The van der Waals surface area contributed by atoms with Crippen molar-refractivity contribution in [3.8, 4) is 0 Å². The summed E-state index contributed by atoms with van der Waals surface area (Å²) in [5, 5.41) is 8.84. The van der Waals surface area contributed by atoms with E-state index in [2.05, 4.69) is 39.0 Å². The van der Waals surface area contributed by atoms with Crippen molar-refractivity contribution in [3.63, 3.8) is 0 Å². The molecule has 1 aliphatic rings. The highest BCUT2D eigenvalue weighted by Crippen LogP contribution is 2.20. The molecule has 1 aromatic carbocycles. The van der Waals surface area contributed by atoms with Crippen LogP contribution in [0.1, 0.15) is 25.5 Å². The number of urea groups is 1. The van der Waals surface area contributed by atoms with Crippen molar-refractivity contribution in [2.45, 2.75) is 39.4 Å². The number of carbonyl (C=O) groups is 1.